The van der Waals surface area contributed by atoms with Gasteiger partial charge in [-0.1, -0.05) is 37.1 Å². The number of carbonyl (C=O) groups is 4. The van der Waals surface area contributed by atoms with Crippen molar-refractivity contribution in [2.75, 3.05) is 6.54 Å². The number of rotatable bonds is 4. The quantitative estimate of drug-likeness (QED) is 0.492. The lowest BCUT2D eigenvalue weighted by molar-refractivity contribution is -0.147. The SMILES string of the molecule is CC(C)(C)OC(=O)N[C@H]1CCCCC/C=C\C2CC2(C(=O)O)CC(=O)[C@@H]2CC(Oc3cnc4ccccc4n3)CN2C1=O. The Labute approximate surface area is 251 Å². The van der Waals surface area contributed by atoms with Crippen LogP contribution in [-0.4, -0.2) is 74.1 Å². The van der Waals surface area contributed by atoms with E-state index in [9.17, 15) is 24.3 Å². The van der Waals surface area contributed by atoms with Crippen molar-refractivity contribution >= 4 is 34.8 Å². The van der Waals surface area contributed by atoms with E-state index in [1.807, 2.05) is 36.4 Å². The summed E-state index contributed by atoms with van der Waals surface area (Å²) in [4.78, 5) is 63.4. The molecule has 3 unspecified atom stereocenters. The maximum Gasteiger partial charge on any atom is 0.408 e. The fourth-order valence-corrected chi connectivity index (χ4v) is 6.09. The number of nitrogens with zero attached hydrogens (tertiary/aromatic N) is 3. The van der Waals surface area contributed by atoms with Gasteiger partial charge in [0.1, 0.15) is 17.7 Å². The van der Waals surface area contributed by atoms with Crippen molar-refractivity contribution < 1.29 is 33.8 Å². The first-order chi connectivity index (χ1) is 20.4. The van der Waals surface area contributed by atoms with Crippen molar-refractivity contribution in [2.24, 2.45) is 11.3 Å². The number of ether oxygens (including phenoxy) is 2. The molecule has 1 aromatic heterocycles. The molecule has 0 bridgehead atoms. The molecule has 1 saturated heterocycles. The second kappa shape index (κ2) is 12.3. The molecule has 1 saturated carbocycles. The third-order valence-electron chi connectivity index (χ3n) is 8.40. The van der Waals surface area contributed by atoms with Gasteiger partial charge in [0, 0.05) is 12.8 Å². The summed E-state index contributed by atoms with van der Waals surface area (Å²) in [5.74, 6) is -1.69. The summed E-state index contributed by atoms with van der Waals surface area (Å²) < 4.78 is 11.6. The lowest BCUT2D eigenvalue weighted by Crippen LogP contribution is -2.52. The van der Waals surface area contributed by atoms with Crippen LogP contribution in [0.4, 0.5) is 4.79 Å². The zero-order valence-corrected chi connectivity index (χ0v) is 25.0. The largest absolute Gasteiger partial charge is 0.481 e. The van der Waals surface area contributed by atoms with Gasteiger partial charge >= 0.3 is 12.1 Å². The number of carboxylic acid groups (broad SMARTS) is 1. The van der Waals surface area contributed by atoms with Gasteiger partial charge in [0.15, 0.2) is 5.78 Å². The molecule has 2 N–H and O–H groups in total. The molecule has 2 aliphatic heterocycles. The smallest absolute Gasteiger partial charge is 0.408 e. The molecule has 11 heteroatoms. The van der Waals surface area contributed by atoms with E-state index in [1.165, 1.54) is 11.1 Å². The molecular formula is C32H40N4O7. The molecule has 1 aromatic carbocycles. The Kier molecular flexibility index (Phi) is 8.71. The number of aromatic nitrogens is 2. The highest BCUT2D eigenvalue weighted by Gasteiger charge is 2.61. The zero-order chi connectivity index (χ0) is 30.8. The minimum atomic E-state index is -1.17. The van der Waals surface area contributed by atoms with Crippen LogP contribution >= 0.6 is 0 Å². The highest BCUT2D eigenvalue weighted by atomic mass is 16.6. The zero-order valence-electron chi connectivity index (χ0n) is 25.0. The van der Waals surface area contributed by atoms with E-state index in [4.69, 9.17) is 9.47 Å². The second-order valence-corrected chi connectivity index (χ2v) is 12.9. The summed E-state index contributed by atoms with van der Waals surface area (Å²) in [5, 5.41) is 12.8. The monoisotopic (exact) mass is 592 g/mol. The summed E-state index contributed by atoms with van der Waals surface area (Å²) in [6.07, 6.45) is 8.06. The fraction of sp³-hybridized carbons (Fsp3) is 0.562. The molecule has 2 fully saturated rings. The molecule has 5 rings (SSSR count). The molecule has 2 aromatic rings. The predicted molar refractivity (Wildman–Crippen MR) is 157 cm³/mol. The highest BCUT2D eigenvalue weighted by Crippen LogP contribution is 2.57. The summed E-state index contributed by atoms with van der Waals surface area (Å²) in [6, 6.07) is 5.56. The van der Waals surface area contributed by atoms with Crippen LogP contribution in [0.2, 0.25) is 0 Å². The molecule has 5 atom stereocenters. The average molecular weight is 593 g/mol. The average Bonchev–Trinajstić information content (AvgIpc) is 3.48. The van der Waals surface area contributed by atoms with Crippen LogP contribution in [0, 0.1) is 11.3 Å². The normalized spacial score (nSPS) is 29.0. The lowest BCUT2D eigenvalue weighted by atomic mass is 9.92. The van der Waals surface area contributed by atoms with Crippen molar-refractivity contribution in [1.29, 1.82) is 0 Å². The van der Waals surface area contributed by atoms with E-state index in [0.29, 0.717) is 30.3 Å². The first-order valence-corrected chi connectivity index (χ1v) is 15.1. The van der Waals surface area contributed by atoms with Crippen molar-refractivity contribution in [3.05, 3.63) is 42.6 Å². The topological polar surface area (TPSA) is 148 Å². The minimum absolute atomic E-state index is 0.0830. The molecule has 3 aliphatic rings. The number of benzene rings is 1. The van der Waals surface area contributed by atoms with E-state index in [2.05, 4.69) is 15.3 Å². The number of amides is 2. The number of carboxylic acids is 1. The van der Waals surface area contributed by atoms with Crippen LogP contribution in [0.15, 0.2) is 42.6 Å². The number of fused-ring (bicyclic) bond motifs is 3. The van der Waals surface area contributed by atoms with E-state index in [-0.39, 0.29) is 37.0 Å². The Morgan fingerprint density at radius 3 is 2.63 bits per heavy atom. The highest BCUT2D eigenvalue weighted by molar-refractivity contribution is 5.96. The molecule has 2 amide bonds. The number of Topliss-reactive ketones (excluding diaryl/α,β-unsaturated/α-hetero) is 1. The van der Waals surface area contributed by atoms with E-state index in [0.717, 1.165) is 19.3 Å². The van der Waals surface area contributed by atoms with Crippen LogP contribution < -0.4 is 10.1 Å². The van der Waals surface area contributed by atoms with Crippen LogP contribution in [0.25, 0.3) is 11.0 Å². The third-order valence-corrected chi connectivity index (χ3v) is 8.40. The number of hydrogen-bond acceptors (Lipinski definition) is 8. The predicted octanol–water partition coefficient (Wildman–Crippen LogP) is 4.44. The van der Waals surface area contributed by atoms with Crippen LogP contribution in [0.5, 0.6) is 5.88 Å². The molecule has 230 valence electrons. The van der Waals surface area contributed by atoms with Gasteiger partial charge in [-0.15, -0.1) is 0 Å². The second-order valence-electron chi connectivity index (χ2n) is 12.9. The van der Waals surface area contributed by atoms with Gasteiger partial charge in [-0.2, -0.15) is 0 Å². The van der Waals surface area contributed by atoms with Crippen LogP contribution in [0.3, 0.4) is 0 Å². The number of allylic oxidation sites excluding steroid dienone is 2. The van der Waals surface area contributed by atoms with Crippen LogP contribution in [0.1, 0.15) is 72.1 Å². The molecular weight excluding hydrogens is 552 g/mol. The van der Waals surface area contributed by atoms with Gasteiger partial charge in [-0.3, -0.25) is 14.4 Å². The van der Waals surface area contributed by atoms with Gasteiger partial charge in [-0.05, 0) is 64.5 Å². The Morgan fingerprint density at radius 2 is 1.88 bits per heavy atom. The summed E-state index contributed by atoms with van der Waals surface area (Å²) >= 11 is 0. The lowest BCUT2D eigenvalue weighted by Gasteiger charge is -2.30. The van der Waals surface area contributed by atoms with E-state index < -0.39 is 47.2 Å². The number of alkyl carbamates (subject to hydrolysis) is 1. The minimum Gasteiger partial charge on any atom is -0.481 e. The Balaban J connectivity index is 1.42. The van der Waals surface area contributed by atoms with Crippen molar-refractivity contribution in [2.45, 2.75) is 95.9 Å². The summed E-state index contributed by atoms with van der Waals surface area (Å²) in [5.41, 5.74) is -0.559. The van der Waals surface area contributed by atoms with Gasteiger partial charge in [0.05, 0.1) is 35.2 Å². The van der Waals surface area contributed by atoms with E-state index >= 15 is 0 Å². The number of para-hydroxylation sites is 2. The van der Waals surface area contributed by atoms with Crippen molar-refractivity contribution in [3.63, 3.8) is 0 Å². The number of aliphatic carboxylic acids is 1. The standard InChI is InChI=1S/C32H40N4O7/c1-31(2,3)43-30(41)35-24-14-8-6-4-5-7-11-20-16-32(20,29(39)40)17-26(37)25-15-21(19-36(25)28(24)38)42-27-18-33-22-12-9-10-13-23(22)34-27/h7,9-13,18,20-21,24-25H,4-6,8,14-17,19H2,1-3H3,(H,35,41)(H,39,40)/b11-7-/t20?,21?,24-,25-,32?/m0/s1. The van der Waals surface area contributed by atoms with Gasteiger partial charge in [-0.25, -0.2) is 14.8 Å². The molecule has 3 heterocycles. The summed E-state index contributed by atoms with van der Waals surface area (Å²) in [6.45, 7) is 5.32. The molecule has 0 radical (unpaired) electrons. The Hall–Kier alpha value is -4.02. The van der Waals surface area contributed by atoms with Crippen molar-refractivity contribution in [1.82, 2.24) is 20.2 Å². The molecule has 43 heavy (non-hydrogen) atoms. The van der Waals surface area contributed by atoms with Crippen molar-refractivity contribution in [3.8, 4) is 5.88 Å². The maximum atomic E-state index is 14.1. The first kappa shape index (κ1) is 30.4. The van der Waals surface area contributed by atoms with Gasteiger partial charge in [0.25, 0.3) is 0 Å². The van der Waals surface area contributed by atoms with Gasteiger partial charge < -0.3 is 24.8 Å². The number of ketones is 1. The summed E-state index contributed by atoms with van der Waals surface area (Å²) in [7, 11) is 0. The first-order valence-electron chi connectivity index (χ1n) is 15.1. The molecule has 0 spiro atoms. The number of nitrogens with one attached hydrogen (secondary N) is 1. The van der Waals surface area contributed by atoms with E-state index in [1.54, 1.807) is 20.8 Å². The number of hydrogen-bond donors (Lipinski definition) is 2. The Bertz CT molecular complexity index is 1420. The maximum absolute atomic E-state index is 14.1. The molecule has 11 nitrogen and oxygen atoms in total. The van der Waals surface area contributed by atoms with Gasteiger partial charge in [0.2, 0.25) is 11.8 Å². The molecule has 1 aliphatic carbocycles. The van der Waals surface area contributed by atoms with Crippen LogP contribution in [-0.2, 0) is 19.1 Å². The Morgan fingerprint density at radius 1 is 1.12 bits per heavy atom. The number of carbonyl (C=O) groups excluding carboxylic acids is 3. The fourth-order valence-electron chi connectivity index (χ4n) is 6.09. The third kappa shape index (κ3) is 7.14.